The average molecular weight is 439 g/mol. The molecule has 1 fully saturated rings. The Morgan fingerprint density at radius 2 is 1.76 bits per heavy atom. The summed E-state index contributed by atoms with van der Waals surface area (Å²) in [6.07, 6.45) is 11.1. The van der Waals surface area contributed by atoms with E-state index in [-0.39, 0.29) is 34.8 Å². The Hall–Kier alpha value is -1.32. The molecule has 0 radical (unpaired) electrons. The lowest BCUT2D eigenvalue weighted by Gasteiger charge is -2.23. The smallest absolute Gasteiger partial charge is 0.303 e. The van der Waals surface area contributed by atoms with Crippen molar-refractivity contribution in [2.45, 2.75) is 81.4 Å². The molecule has 0 bridgehead atoms. The van der Waals surface area contributed by atoms with Crippen LogP contribution in [0, 0.1) is 5.92 Å². The van der Waals surface area contributed by atoms with Crippen molar-refractivity contribution in [2.75, 3.05) is 0 Å². The van der Waals surface area contributed by atoms with Crippen molar-refractivity contribution in [3.8, 4) is 0 Å². The monoisotopic (exact) mass is 438 g/mol. The molecule has 4 atom stereocenters. The SMILES string of the molecule is CCCCCC(=O)c1ccc([C@@H]2[C@@H](C/C=C\CCCC(=O)O)[C@H](Cl)C[C@H]2Cl)cc1. The van der Waals surface area contributed by atoms with Crippen LogP contribution in [0.2, 0.25) is 0 Å². The lowest BCUT2D eigenvalue weighted by atomic mass is 9.85. The van der Waals surface area contributed by atoms with Crippen LogP contribution >= 0.6 is 23.2 Å². The molecule has 0 saturated heterocycles. The fourth-order valence-corrected chi connectivity index (χ4v) is 5.16. The first-order valence-corrected chi connectivity index (χ1v) is 11.6. The van der Waals surface area contributed by atoms with Crippen LogP contribution in [0.3, 0.4) is 0 Å². The van der Waals surface area contributed by atoms with Gasteiger partial charge in [-0.25, -0.2) is 0 Å². The third-order valence-electron chi connectivity index (χ3n) is 5.73. The van der Waals surface area contributed by atoms with Crippen molar-refractivity contribution in [3.05, 3.63) is 47.5 Å². The van der Waals surface area contributed by atoms with E-state index in [2.05, 4.69) is 13.0 Å². The molecule has 0 heterocycles. The van der Waals surface area contributed by atoms with E-state index in [9.17, 15) is 9.59 Å². The molecule has 1 aromatic rings. The van der Waals surface area contributed by atoms with Gasteiger partial charge in [0.15, 0.2) is 5.78 Å². The zero-order valence-electron chi connectivity index (χ0n) is 17.2. The number of allylic oxidation sites excluding steroid dienone is 2. The van der Waals surface area contributed by atoms with Gasteiger partial charge in [-0.15, -0.1) is 23.2 Å². The molecule has 0 amide bonds. The van der Waals surface area contributed by atoms with E-state index in [0.29, 0.717) is 12.8 Å². The van der Waals surface area contributed by atoms with Gasteiger partial charge >= 0.3 is 5.97 Å². The number of halogens is 2. The number of carboxylic acids is 1. The standard InChI is InChI=1S/C24H32Cl2O3/c1-2-3-6-10-22(27)17-12-14-18(15-13-17)24-19(20(25)16-21(24)26)9-7-4-5-8-11-23(28)29/h4,7,12-15,19-21,24H,2-3,5-6,8-11,16H2,1H3,(H,28,29)/b7-4-/t19-,20+,21+,24+/m0/s1. The Kier molecular flexibility index (Phi) is 10.2. The van der Waals surface area contributed by atoms with Gasteiger partial charge in [-0.2, -0.15) is 0 Å². The van der Waals surface area contributed by atoms with Crippen molar-refractivity contribution in [3.63, 3.8) is 0 Å². The highest BCUT2D eigenvalue weighted by Gasteiger charge is 2.41. The number of hydrogen-bond acceptors (Lipinski definition) is 2. The molecule has 1 aliphatic rings. The van der Waals surface area contributed by atoms with E-state index in [0.717, 1.165) is 49.7 Å². The Morgan fingerprint density at radius 1 is 1.03 bits per heavy atom. The van der Waals surface area contributed by atoms with Crippen molar-refractivity contribution >= 4 is 35.0 Å². The molecule has 160 valence electrons. The lowest BCUT2D eigenvalue weighted by Crippen LogP contribution is -2.16. The number of carbonyl (C=O) groups excluding carboxylic acids is 1. The first kappa shape index (κ1) is 24.0. The summed E-state index contributed by atoms with van der Waals surface area (Å²) < 4.78 is 0. The number of rotatable bonds is 12. The highest BCUT2D eigenvalue weighted by atomic mass is 35.5. The number of Topliss-reactive ketones (excluding diaryl/α,β-unsaturated/α-hetero) is 1. The van der Waals surface area contributed by atoms with Crippen LogP contribution in [0.4, 0.5) is 0 Å². The van der Waals surface area contributed by atoms with E-state index in [1.54, 1.807) is 0 Å². The highest BCUT2D eigenvalue weighted by molar-refractivity contribution is 6.25. The third-order valence-corrected chi connectivity index (χ3v) is 6.68. The van der Waals surface area contributed by atoms with Crippen LogP contribution in [-0.2, 0) is 4.79 Å². The van der Waals surface area contributed by atoms with E-state index in [1.807, 2.05) is 30.3 Å². The molecule has 5 heteroatoms. The zero-order chi connectivity index (χ0) is 21.2. The Morgan fingerprint density at radius 3 is 2.41 bits per heavy atom. The molecule has 0 unspecified atom stereocenters. The van der Waals surface area contributed by atoms with Crippen molar-refractivity contribution in [2.24, 2.45) is 5.92 Å². The third kappa shape index (κ3) is 7.46. The van der Waals surface area contributed by atoms with Gasteiger partial charge in [0, 0.05) is 35.1 Å². The molecule has 1 aliphatic carbocycles. The van der Waals surface area contributed by atoms with E-state index in [1.165, 1.54) is 0 Å². The molecule has 2 rings (SSSR count). The molecular weight excluding hydrogens is 407 g/mol. The second kappa shape index (κ2) is 12.4. The van der Waals surface area contributed by atoms with Crippen molar-refractivity contribution < 1.29 is 14.7 Å². The summed E-state index contributed by atoms with van der Waals surface area (Å²) >= 11 is 13.2. The van der Waals surface area contributed by atoms with Crippen LogP contribution < -0.4 is 0 Å². The summed E-state index contributed by atoms with van der Waals surface area (Å²) in [5.41, 5.74) is 1.91. The first-order chi connectivity index (χ1) is 13.9. The predicted octanol–water partition coefficient (Wildman–Crippen LogP) is 6.97. The van der Waals surface area contributed by atoms with Crippen LogP contribution in [0.15, 0.2) is 36.4 Å². The Bertz CT molecular complexity index is 684. The fraction of sp³-hybridized carbons (Fsp3) is 0.583. The van der Waals surface area contributed by atoms with Gasteiger partial charge in [0.1, 0.15) is 0 Å². The van der Waals surface area contributed by atoms with Crippen molar-refractivity contribution in [1.82, 2.24) is 0 Å². The first-order valence-electron chi connectivity index (χ1n) is 10.7. The topological polar surface area (TPSA) is 54.4 Å². The second-order valence-electron chi connectivity index (χ2n) is 7.95. The molecule has 1 N–H and O–H groups in total. The lowest BCUT2D eigenvalue weighted by molar-refractivity contribution is -0.137. The summed E-state index contributed by atoms with van der Waals surface area (Å²) in [7, 11) is 0. The van der Waals surface area contributed by atoms with E-state index >= 15 is 0 Å². The van der Waals surface area contributed by atoms with Crippen LogP contribution in [-0.4, -0.2) is 27.6 Å². The summed E-state index contributed by atoms with van der Waals surface area (Å²) in [4.78, 5) is 22.9. The minimum atomic E-state index is -0.757. The van der Waals surface area contributed by atoms with Gasteiger partial charge in [0.2, 0.25) is 0 Å². The maximum Gasteiger partial charge on any atom is 0.303 e. The average Bonchev–Trinajstić information content (AvgIpc) is 2.97. The molecule has 1 aromatic carbocycles. The second-order valence-corrected chi connectivity index (χ2v) is 9.07. The van der Waals surface area contributed by atoms with Gasteiger partial charge in [0.05, 0.1) is 0 Å². The van der Waals surface area contributed by atoms with Gasteiger partial charge in [-0.1, -0.05) is 56.2 Å². The summed E-state index contributed by atoms with van der Waals surface area (Å²) in [5.74, 6) is -0.157. The summed E-state index contributed by atoms with van der Waals surface area (Å²) in [6.45, 7) is 2.13. The minimum absolute atomic E-state index is 0.0153. The highest BCUT2D eigenvalue weighted by Crippen LogP contribution is 2.47. The van der Waals surface area contributed by atoms with Crippen molar-refractivity contribution in [1.29, 1.82) is 0 Å². The quantitative estimate of drug-likeness (QED) is 0.166. The largest absolute Gasteiger partial charge is 0.481 e. The Labute approximate surface area is 184 Å². The van der Waals surface area contributed by atoms with Gasteiger partial charge in [-0.05, 0) is 43.6 Å². The fourth-order valence-electron chi connectivity index (χ4n) is 4.09. The molecule has 1 saturated carbocycles. The molecule has 29 heavy (non-hydrogen) atoms. The molecule has 3 nitrogen and oxygen atoms in total. The maximum absolute atomic E-state index is 12.3. The molecule has 0 aliphatic heterocycles. The van der Waals surface area contributed by atoms with Gasteiger partial charge in [0.25, 0.3) is 0 Å². The maximum atomic E-state index is 12.3. The van der Waals surface area contributed by atoms with E-state index < -0.39 is 5.97 Å². The molecular formula is C24H32Cl2O3. The molecule has 0 spiro atoms. The summed E-state index contributed by atoms with van der Waals surface area (Å²) in [5, 5.41) is 8.69. The van der Waals surface area contributed by atoms with Gasteiger partial charge < -0.3 is 5.11 Å². The predicted molar refractivity (Wildman–Crippen MR) is 120 cm³/mol. The normalized spacial score (nSPS) is 24.2. The number of ketones is 1. The van der Waals surface area contributed by atoms with E-state index in [4.69, 9.17) is 28.3 Å². The molecule has 0 aromatic heterocycles. The number of aliphatic carboxylic acids is 1. The number of benzene rings is 1. The Balaban J connectivity index is 1.97. The number of alkyl halides is 2. The number of unbranched alkanes of at least 4 members (excludes halogenated alkanes) is 3. The summed E-state index contributed by atoms with van der Waals surface area (Å²) in [6, 6.07) is 7.92. The minimum Gasteiger partial charge on any atom is -0.481 e. The van der Waals surface area contributed by atoms with Crippen LogP contribution in [0.25, 0.3) is 0 Å². The van der Waals surface area contributed by atoms with Crippen LogP contribution in [0.1, 0.15) is 86.6 Å². The number of hydrogen-bond donors (Lipinski definition) is 1. The number of carbonyl (C=O) groups is 2. The zero-order valence-corrected chi connectivity index (χ0v) is 18.7. The number of carboxylic acid groups (broad SMARTS) is 1. The van der Waals surface area contributed by atoms with Crippen LogP contribution in [0.5, 0.6) is 0 Å². The van der Waals surface area contributed by atoms with Gasteiger partial charge in [-0.3, -0.25) is 9.59 Å².